The van der Waals surface area contributed by atoms with E-state index in [1.165, 1.54) is 11.3 Å². The molecule has 21 heavy (non-hydrogen) atoms. The van der Waals surface area contributed by atoms with E-state index in [1.807, 2.05) is 18.4 Å². The third kappa shape index (κ3) is 5.15. The Balaban J connectivity index is 1.79. The molecule has 7 heteroatoms. The number of carbonyl (C=O) groups is 1. The van der Waals surface area contributed by atoms with Gasteiger partial charge < -0.3 is 4.74 Å². The summed E-state index contributed by atoms with van der Waals surface area (Å²) in [6, 6.07) is 7.14. The van der Waals surface area contributed by atoms with E-state index >= 15 is 0 Å². The minimum atomic E-state index is -0.325. The lowest BCUT2D eigenvalue weighted by atomic mass is 10.2. The van der Waals surface area contributed by atoms with Crippen LogP contribution >= 0.6 is 38.9 Å². The normalized spacial score (nSPS) is 10.8. The second-order valence-electron chi connectivity index (χ2n) is 4.16. The van der Waals surface area contributed by atoms with Gasteiger partial charge in [-0.25, -0.2) is 5.43 Å². The maximum atomic E-state index is 11.6. The van der Waals surface area contributed by atoms with Gasteiger partial charge in [0, 0.05) is 19.8 Å². The fraction of sp³-hybridized carbons (Fsp3) is 0.143. The molecule has 0 bridgehead atoms. The summed E-state index contributed by atoms with van der Waals surface area (Å²) in [5, 5.41) is 6.47. The molecule has 0 aliphatic rings. The number of hydrogen-bond donors (Lipinski definition) is 1. The number of amides is 1. The Morgan fingerprint density at radius 2 is 2.33 bits per heavy atom. The van der Waals surface area contributed by atoms with Gasteiger partial charge >= 0.3 is 0 Å². The van der Waals surface area contributed by atoms with Crippen LogP contribution in [-0.4, -0.2) is 18.7 Å². The van der Waals surface area contributed by atoms with Gasteiger partial charge in [-0.05, 0) is 52.7 Å². The Bertz CT molecular complexity index is 673. The van der Waals surface area contributed by atoms with Gasteiger partial charge in [0.25, 0.3) is 5.91 Å². The molecule has 0 fully saturated rings. The molecular weight excluding hydrogens is 376 g/mol. The number of benzene rings is 1. The molecule has 2 rings (SSSR count). The van der Waals surface area contributed by atoms with Crippen LogP contribution in [0.4, 0.5) is 0 Å². The summed E-state index contributed by atoms with van der Waals surface area (Å²) in [7, 11) is 0. The number of rotatable bonds is 5. The molecule has 1 heterocycles. The largest absolute Gasteiger partial charge is 0.484 e. The highest BCUT2D eigenvalue weighted by Gasteiger charge is 2.03. The molecule has 0 unspecified atom stereocenters. The first-order valence-electron chi connectivity index (χ1n) is 5.99. The van der Waals surface area contributed by atoms with Gasteiger partial charge in [-0.15, -0.1) is 11.3 Å². The average Bonchev–Trinajstić information content (AvgIpc) is 2.86. The van der Waals surface area contributed by atoms with E-state index < -0.39 is 0 Å². The van der Waals surface area contributed by atoms with Crippen LogP contribution < -0.4 is 10.2 Å². The molecule has 1 amide bonds. The van der Waals surface area contributed by atoms with Crippen molar-refractivity contribution < 1.29 is 9.53 Å². The first-order chi connectivity index (χ1) is 10.0. The van der Waals surface area contributed by atoms with Gasteiger partial charge in [0.15, 0.2) is 6.61 Å². The van der Waals surface area contributed by atoms with Gasteiger partial charge in [-0.2, -0.15) is 5.10 Å². The van der Waals surface area contributed by atoms with Crippen molar-refractivity contribution in [3.63, 3.8) is 0 Å². The number of nitrogens with one attached hydrogen (secondary N) is 1. The van der Waals surface area contributed by atoms with Crippen molar-refractivity contribution in [3.05, 3.63) is 49.6 Å². The molecule has 110 valence electrons. The first-order valence-corrected chi connectivity index (χ1v) is 8.04. The number of hydrogen-bond acceptors (Lipinski definition) is 4. The van der Waals surface area contributed by atoms with Crippen molar-refractivity contribution in [1.82, 2.24) is 5.43 Å². The van der Waals surface area contributed by atoms with Crippen LogP contribution in [0.25, 0.3) is 0 Å². The summed E-state index contributed by atoms with van der Waals surface area (Å²) in [4.78, 5) is 12.5. The van der Waals surface area contributed by atoms with E-state index in [1.54, 1.807) is 24.4 Å². The van der Waals surface area contributed by atoms with Crippen LogP contribution in [0.3, 0.4) is 0 Å². The highest BCUT2D eigenvalue weighted by Crippen LogP contribution is 2.21. The zero-order chi connectivity index (χ0) is 15.2. The summed E-state index contributed by atoms with van der Waals surface area (Å²) in [5.74, 6) is 0.271. The maximum absolute atomic E-state index is 11.6. The number of nitrogens with zero attached hydrogens (tertiary/aromatic N) is 1. The highest BCUT2D eigenvalue weighted by molar-refractivity contribution is 9.10. The zero-order valence-corrected chi connectivity index (χ0v) is 14.3. The van der Waals surface area contributed by atoms with Crippen LogP contribution in [0.15, 0.2) is 39.2 Å². The van der Waals surface area contributed by atoms with E-state index in [9.17, 15) is 4.79 Å². The molecule has 1 N–H and O–H groups in total. The van der Waals surface area contributed by atoms with Crippen molar-refractivity contribution in [2.45, 2.75) is 6.92 Å². The lowest BCUT2D eigenvalue weighted by Gasteiger charge is -2.06. The molecule has 0 aliphatic heterocycles. The van der Waals surface area contributed by atoms with Crippen LogP contribution in [0.5, 0.6) is 5.75 Å². The van der Waals surface area contributed by atoms with Crippen molar-refractivity contribution in [1.29, 1.82) is 0 Å². The van der Waals surface area contributed by atoms with Crippen molar-refractivity contribution in [3.8, 4) is 5.75 Å². The van der Waals surface area contributed by atoms with E-state index in [0.29, 0.717) is 10.8 Å². The zero-order valence-electron chi connectivity index (χ0n) is 11.1. The van der Waals surface area contributed by atoms with Gasteiger partial charge in [0.1, 0.15) is 5.75 Å². The molecular formula is C14H12BrClN2O2S. The predicted octanol–water partition coefficient (Wildman–Crippen LogP) is 4.00. The number of thiophene rings is 1. The summed E-state index contributed by atoms with van der Waals surface area (Å²) < 4.78 is 6.35. The molecule has 2 aromatic rings. The van der Waals surface area contributed by atoms with E-state index in [-0.39, 0.29) is 12.5 Å². The number of halogens is 2. The smallest absolute Gasteiger partial charge is 0.277 e. The fourth-order valence-electron chi connectivity index (χ4n) is 1.45. The summed E-state index contributed by atoms with van der Waals surface area (Å²) >= 11 is 10.8. The van der Waals surface area contributed by atoms with Crippen LogP contribution in [-0.2, 0) is 4.79 Å². The third-order valence-corrected chi connectivity index (χ3v) is 4.52. The summed E-state index contributed by atoms with van der Waals surface area (Å²) in [6.45, 7) is 1.77. The molecule has 0 aliphatic carbocycles. The minimum Gasteiger partial charge on any atom is -0.484 e. The Hall–Kier alpha value is -1.37. The van der Waals surface area contributed by atoms with E-state index in [2.05, 4.69) is 26.5 Å². The molecule has 1 aromatic carbocycles. The molecule has 0 atom stereocenters. The predicted molar refractivity (Wildman–Crippen MR) is 89.4 cm³/mol. The van der Waals surface area contributed by atoms with Crippen LogP contribution in [0.1, 0.15) is 10.4 Å². The second-order valence-corrected chi connectivity index (χ2v) is 6.43. The lowest BCUT2D eigenvalue weighted by Crippen LogP contribution is -2.24. The van der Waals surface area contributed by atoms with Gasteiger partial charge in [0.05, 0.1) is 6.21 Å². The molecule has 0 saturated carbocycles. The van der Waals surface area contributed by atoms with Crippen molar-refractivity contribution >= 4 is 51.0 Å². The Kier molecular flexibility index (Phi) is 5.78. The van der Waals surface area contributed by atoms with Gasteiger partial charge in [-0.3, -0.25) is 4.79 Å². The van der Waals surface area contributed by atoms with Crippen LogP contribution in [0, 0.1) is 6.92 Å². The molecule has 0 spiro atoms. The quantitative estimate of drug-likeness (QED) is 0.623. The number of hydrazone groups is 1. The Labute approximate surface area is 139 Å². The SMILES string of the molecule is Cc1cc(OCC(=O)N/N=C\c2cc(Br)cs2)ccc1Cl. The monoisotopic (exact) mass is 386 g/mol. The molecule has 0 saturated heterocycles. The standard InChI is InChI=1S/C14H12BrClN2O2S/c1-9-4-11(2-3-13(9)16)20-7-14(19)18-17-6-12-5-10(15)8-21-12/h2-6,8H,7H2,1H3,(H,18,19)/b17-6-. The Morgan fingerprint density at radius 1 is 1.52 bits per heavy atom. The van der Waals surface area contributed by atoms with Gasteiger partial charge in [-0.1, -0.05) is 11.6 Å². The van der Waals surface area contributed by atoms with Crippen molar-refractivity contribution in [2.24, 2.45) is 5.10 Å². The third-order valence-electron chi connectivity index (χ3n) is 2.47. The highest BCUT2D eigenvalue weighted by atomic mass is 79.9. The first kappa shape index (κ1) is 16.0. The number of aryl methyl sites for hydroxylation is 1. The topological polar surface area (TPSA) is 50.7 Å². The summed E-state index contributed by atoms with van der Waals surface area (Å²) in [6.07, 6.45) is 1.58. The maximum Gasteiger partial charge on any atom is 0.277 e. The molecule has 0 radical (unpaired) electrons. The minimum absolute atomic E-state index is 0.105. The summed E-state index contributed by atoms with van der Waals surface area (Å²) in [5.41, 5.74) is 3.31. The number of carbonyl (C=O) groups excluding carboxylic acids is 1. The van der Waals surface area contributed by atoms with E-state index in [0.717, 1.165) is 14.9 Å². The average molecular weight is 388 g/mol. The Morgan fingerprint density at radius 3 is 3.00 bits per heavy atom. The van der Waals surface area contributed by atoms with Gasteiger partial charge in [0.2, 0.25) is 0 Å². The van der Waals surface area contributed by atoms with Crippen LogP contribution in [0.2, 0.25) is 5.02 Å². The number of ether oxygens (including phenoxy) is 1. The molecule has 4 nitrogen and oxygen atoms in total. The lowest BCUT2D eigenvalue weighted by molar-refractivity contribution is -0.123. The molecule has 1 aromatic heterocycles. The second kappa shape index (κ2) is 7.59. The fourth-order valence-corrected chi connectivity index (χ4v) is 2.87. The van der Waals surface area contributed by atoms with Crippen molar-refractivity contribution in [2.75, 3.05) is 6.61 Å². The van der Waals surface area contributed by atoms with E-state index in [4.69, 9.17) is 16.3 Å².